The predicted molar refractivity (Wildman–Crippen MR) is 78.1 cm³/mol. The van der Waals surface area contributed by atoms with Crippen LogP contribution in [0.1, 0.15) is 46.0 Å². The zero-order chi connectivity index (χ0) is 14.1. The number of carbonyl (C=O) groups is 1. The summed E-state index contributed by atoms with van der Waals surface area (Å²) in [5.41, 5.74) is 0.282. The lowest BCUT2D eigenvalue weighted by Gasteiger charge is -2.29. The molecule has 0 aromatic heterocycles. The van der Waals surface area contributed by atoms with Crippen LogP contribution in [0.3, 0.4) is 0 Å². The highest BCUT2D eigenvalue weighted by Crippen LogP contribution is 2.40. The fraction of sp³-hybridized carbons (Fsp3) is 0.933. The molecule has 0 heterocycles. The van der Waals surface area contributed by atoms with Gasteiger partial charge >= 0.3 is 0 Å². The summed E-state index contributed by atoms with van der Waals surface area (Å²) in [6.07, 6.45) is 6.09. The lowest BCUT2D eigenvalue weighted by molar-refractivity contribution is -0.125. The molecule has 1 amide bonds. The normalized spacial score (nSPS) is 19.3. The summed E-state index contributed by atoms with van der Waals surface area (Å²) in [6, 6.07) is 0. The largest absolute Gasteiger partial charge is 0.382 e. The summed E-state index contributed by atoms with van der Waals surface area (Å²) in [6.45, 7) is 7.14. The van der Waals surface area contributed by atoms with E-state index in [1.54, 1.807) is 0 Å². The molecule has 2 N–H and O–H groups in total. The van der Waals surface area contributed by atoms with Gasteiger partial charge in [-0.15, -0.1) is 0 Å². The molecule has 1 atom stereocenters. The standard InChI is InChI=1S/C15H30N2O2/c1-4-19-10-9-15(7-5-6-8-15)12-17-14(18)13(2)11-16-3/h13,16H,4-12H2,1-3H3,(H,17,18). The Morgan fingerprint density at radius 1 is 1.37 bits per heavy atom. The number of nitrogens with one attached hydrogen (secondary N) is 2. The number of amides is 1. The van der Waals surface area contributed by atoms with Crippen molar-refractivity contribution in [2.45, 2.75) is 46.0 Å². The number of hydrogen-bond donors (Lipinski definition) is 2. The lowest BCUT2D eigenvalue weighted by Crippen LogP contribution is -2.41. The second-order valence-corrected chi connectivity index (χ2v) is 5.83. The van der Waals surface area contributed by atoms with Crippen molar-refractivity contribution in [1.29, 1.82) is 0 Å². The Bertz CT molecular complexity index is 263. The minimum absolute atomic E-state index is 0.0374. The van der Waals surface area contributed by atoms with Gasteiger partial charge in [-0.1, -0.05) is 19.8 Å². The van der Waals surface area contributed by atoms with Crippen molar-refractivity contribution < 1.29 is 9.53 Å². The average molecular weight is 270 g/mol. The van der Waals surface area contributed by atoms with Crippen LogP contribution >= 0.6 is 0 Å². The summed E-state index contributed by atoms with van der Waals surface area (Å²) in [4.78, 5) is 12.0. The van der Waals surface area contributed by atoms with Gasteiger partial charge < -0.3 is 15.4 Å². The van der Waals surface area contributed by atoms with Crippen LogP contribution in [-0.2, 0) is 9.53 Å². The van der Waals surface area contributed by atoms with Gasteiger partial charge in [0.25, 0.3) is 0 Å². The molecule has 1 rings (SSSR count). The van der Waals surface area contributed by atoms with Crippen LogP contribution in [0, 0.1) is 11.3 Å². The molecule has 0 aliphatic heterocycles. The van der Waals surface area contributed by atoms with Crippen LogP contribution < -0.4 is 10.6 Å². The SMILES string of the molecule is CCOCCC1(CNC(=O)C(C)CNC)CCCC1. The molecule has 1 aliphatic rings. The Morgan fingerprint density at radius 2 is 2.05 bits per heavy atom. The Balaban J connectivity index is 2.38. The highest BCUT2D eigenvalue weighted by Gasteiger charge is 2.34. The molecular weight excluding hydrogens is 240 g/mol. The van der Waals surface area contributed by atoms with E-state index in [1.807, 2.05) is 20.9 Å². The van der Waals surface area contributed by atoms with E-state index in [0.717, 1.165) is 32.7 Å². The molecule has 0 saturated heterocycles. The maximum absolute atomic E-state index is 12.0. The monoisotopic (exact) mass is 270 g/mol. The van der Waals surface area contributed by atoms with E-state index in [4.69, 9.17) is 4.74 Å². The second kappa shape index (κ2) is 8.54. The Morgan fingerprint density at radius 3 is 2.63 bits per heavy atom. The van der Waals surface area contributed by atoms with E-state index in [-0.39, 0.29) is 17.2 Å². The van der Waals surface area contributed by atoms with Gasteiger partial charge in [0.1, 0.15) is 0 Å². The number of rotatable bonds is 9. The van der Waals surface area contributed by atoms with Gasteiger partial charge in [-0.2, -0.15) is 0 Å². The third-order valence-electron chi connectivity index (χ3n) is 4.24. The summed E-state index contributed by atoms with van der Waals surface area (Å²) < 4.78 is 5.49. The van der Waals surface area contributed by atoms with E-state index in [0.29, 0.717) is 0 Å². The van der Waals surface area contributed by atoms with Crippen molar-refractivity contribution in [1.82, 2.24) is 10.6 Å². The van der Waals surface area contributed by atoms with Crippen LogP contribution in [0.4, 0.5) is 0 Å². The van der Waals surface area contributed by atoms with Gasteiger partial charge in [0, 0.05) is 32.2 Å². The van der Waals surface area contributed by atoms with Crippen molar-refractivity contribution in [2.24, 2.45) is 11.3 Å². The van der Waals surface area contributed by atoms with Gasteiger partial charge in [0.15, 0.2) is 0 Å². The van der Waals surface area contributed by atoms with Crippen molar-refractivity contribution in [3.05, 3.63) is 0 Å². The molecule has 0 aromatic carbocycles. The molecule has 1 fully saturated rings. The molecular formula is C15H30N2O2. The first-order valence-corrected chi connectivity index (χ1v) is 7.63. The zero-order valence-electron chi connectivity index (χ0n) is 12.8. The van der Waals surface area contributed by atoms with E-state index in [1.165, 1.54) is 25.7 Å². The van der Waals surface area contributed by atoms with Gasteiger partial charge in [-0.3, -0.25) is 4.79 Å². The highest BCUT2D eigenvalue weighted by atomic mass is 16.5. The maximum atomic E-state index is 12.0. The molecule has 1 unspecified atom stereocenters. The Labute approximate surface area is 117 Å². The molecule has 112 valence electrons. The topological polar surface area (TPSA) is 50.4 Å². The minimum atomic E-state index is 0.0374. The third kappa shape index (κ3) is 5.49. The molecule has 1 saturated carbocycles. The van der Waals surface area contributed by atoms with Crippen LogP contribution in [0.15, 0.2) is 0 Å². The van der Waals surface area contributed by atoms with Crippen molar-refractivity contribution in [3.8, 4) is 0 Å². The summed E-state index contributed by atoms with van der Waals surface area (Å²) in [5, 5.41) is 6.19. The van der Waals surface area contributed by atoms with Gasteiger partial charge in [-0.05, 0) is 38.6 Å². The highest BCUT2D eigenvalue weighted by molar-refractivity contribution is 5.78. The fourth-order valence-corrected chi connectivity index (χ4v) is 2.92. The van der Waals surface area contributed by atoms with Crippen LogP contribution in [0.25, 0.3) is 0 Å². The molecule has 0 aromatic rings. The smallest absolute Gasteiger partial charge is 0.224 e. The first kappa shape index (κ1) is 16.4. The predicted octanol–water partition coefficient (Wildman–Crippen LogP) is 1.95. The molecule has 0 bridgehead atoms. The summed E-state index contributed by atoms with van der Waals surface area (Å²) in [5.74, 6) is 0.201. The fourth-order valence-electron chi connectivity index (χ4n) is 2.92. The third-order valence-corrected chi connectivity index (χ3v) is 4.24. The summed E-state index contributed by atoms with van der Waals surface area (Å²) in [7, 11) is 1.88. The van der Waals surface area contributed by atoms with Crippen LogP contribution in [0.2, 0.25) is 0 Å². The van der Waals surface area contributed by atoms with Gasteiger partial charge in [-0.25, -0.2) is 0 Å². The van der Waals surface area contributed by atoms with E-state index < -0.39 is 0 Å². The van der Waals surface area contributed by atoms with E-state index >= 15 is 0 Å². The zero-order valence-corrected chi connectivity index (χ0v) is 12.8. The Kier molecular flexibility index (Phi) is 7.39. The molecule has 19 heavy (non-hydrogen) atoms. The lowest BCUT2D eigenvalue weighted by atomic mass is 9.82. The van der Waals surface area contributed by atoms with Crippen molar-refractivity contribution >= 4 is 5.91 Å². The molecule has 1 aliphatic carbocycles. The first-order chi connectivity index (χ1) is 9.13. The molecule has 0 spiro atoms. The van der Waals surface area contributed by atoms with Crippen LogP contribution in [0.5, 0.6) is 0 Å². The Hall–Kier alpha value is -0.610. The van der Waals surface area contributed by atoms with E-state index in [9.17, 15) is 4.79 Å². The number of carbonyl (C=O) groups excluding carboxylic acids is 1. The maximum Gasteiger partial charge on any atom is 0.224 e. The molecule has 4 heteroatoms. The number of ether oxygens (including phenoxy) is 1. The second-order valence-electron chi connectivity index (χ2n) is 5.83. The first-order valence-electron chi connectivity index (χ1n) is 7.63. The summed E-state index contributed by atoms with van der Waals surface area (Å²) >= 11 is 0. The van der Waals surface area contributed by atoms with Gasteiger partial charge in [0.05, 0.1) is 0 Å². The van der Waals surface area contributed by atoms with Gasteiger partial charge in [0.2, 0.25) is 5.91 Å². The van der Waals surface area contributed by atoms with Crippen molar-refractivity contribution in [3.63, 3.8) is 0 Å². The van der Waals surface area contributed by atoms with Crippen molar-refractivity contribution in [2.75, 3.05) is 33.4 Å². The number of hydrogen-bond acceptors (Lipinski definition) is 3. The minimum Gasteiger partial charge on any atom is -0.382 e. The molecule has 4 nitrogen and oxygen atoms in total. The quantitative estimate of drug-likeness (QED) is 0.630. The van der Waals surface area contributed by atoms with E-state index in [2.05, 4.69) is 10.6 Å². The molecule has 0 radical (unpaired) electrons. The van der Waals surface area contributed by atoms with Crippen LogP contribution in [-0.4, -0.2) is 39.3 Å². The average Bonchev–Trinajstić information content (AvgIpc) is 2.86.